The molecule has 6 heteroatoms. The normalized spacial score (nSPS) is 12.1. The molecule has 0 atom stereocenters. The van der Waals surface area contributed by atoms with Gasteiger partial charge in [0.15, 0.2) is 0 Å². The van der Waals surface area contributed by atoms with E-state index in [1.54, 1.807) is 4.68 Å². The van der Waals surface area contributed by atoms with Crippen LogP contribution in [-0.2, 0) is 19.0 Å². The largest absolute Gasteiger partial charge is 0.383 e. The Morgan fingerprint density at radius 3 is 2.42 bits per heavy atom. The van der Waals surface area contributed by atoms with Crippen LogP contribution in [0.25, 0.3) is 0 Å². The number of anilines is 1. The van der Waals surface area contributed by atoms with E-state index in [0.717, 1.165) is 17.0 Å². The van der Waals surface area contributed by atoms with Crippen LogP contribution in [0, 0.1) is 6.92 Å². The first-order chi connectivity index (χ1) is 8.70. The summed E-state index contributed by atoms with van der Waals surface area (Å²) in [5, 5.41) is 9.43. The number of hydrogen-bond donors (Lipinski definition) is 1. The van der Waals surface area contributed by atoms with Gasteiger partial charge in [0.05, 0.1) is 17.9 Å². The molecule has 0 amide bonds. The number of aromatic nitrogens is 4. The van der Waals surface area contributed by atoms with E-state index in [0.29, 0.717) is 17.4 Å². The number of nitrogens with zero attached hydrogens (tertiary/aromatic N) is 4. The second-order valence-electron chi connectivity index (χ2n) is 5.87. The molecule has 0 unspecified atom stereocenters. The molecule has 0 radical (unpaired) electrons. The van der Waals surface area contributed by atoms with Crippen molar-refractivity contribution in [3.8, 4) is 0 Å². The molecule has 0 aromatic carbocycles. The predicted molar refractivity (Wildman–Crippen MR) is 77.4 cm³/mol. The van der Waals surface area contributed by atoms with Crippen molar-refractivity contribution in [2.75, 3.05) is 5.73 Å². The van der Waals surface area contributed by atoms with Crippen LogP contribution < -0.4 is 5.73 Å². The summed E-state index contributed by atoms with van der Waals surface area (Å²) < 4.78 is 3.55. The van der Waals surface area contributed by atoms with Crippen LogP contribution in [0.3, 0.4) is 0 Å². The summed E-state index contributed by atoms with van der Waals surface area (Å²) in [6, 6.07) is 0. The van der Waals surface area contributed by atoms with Crippen LogP contribution >= 0.6 is 11.6 Å². The zero-order valence-corrected chi connectivity index (χ0v) is 12.8. The lowest BCUT2D eigenvalue weighted by molar-refractivity contribution is 0.543. The van der Waals surface area contributed by atoms with Crippen LogP contribution in [0.4, 0.5) is 5.82 Å². The second-order valence-corrected chi connectivity index (χ2v) is 6.25. The maximum atomic E-state index is 6.07. The van der Waals surface area contributed by atoms with Crippen molar-refractivity contribution >= 4 is 17.4 Å². The first-order valence-electron chi connectivity index (χ1n) is 6.21. The Morgan fingerprint density at radius 2 is 1.95 bits per heavy atom. The summed E-state index contributed by atoms with van der Waals surface area (Å²) >= 11 is 6.07. The number of nitrogens with two attached hydrogens (primary N) is 1. The molecular weight excluding hydrogens is 262 g/mol. The van der Waals surface area contributed by atoms with E-state index < -0.39 is 0 Å². The SMILES string of the molecule is Cc1nn(Cc2cn(C)nc2C(C)(C)C)c(N)c1Cl. The molecule has 5 nitrogen and oxygen atoms in total. The van der Waals surface area contributed by atoms with E-state index in [4.69, 9.17) is 17.3 Å². The van der Waals surface area contributed by atoms with Gasteiger partial charge in [0.2, 0.25) is 0 Å². The maximum Gasteiger partial charge on any atom is 0.141 e. The van der Waals surface area contributed by atoms with E-state index >= 15 is 0 Å². The lowest BCUT2D eigenvalue weighted by Crippen LogP contribution is -2.16. The van der Waals surface area contributed by atoms with E-state index in [1.807, 2.05) is 24.9 Å². The smallest absolute Gasteiger partial charge is 0.141 e. The molecule has 0 fully saturated rings. The number of rotatable bonds is 2. The van der Waals surface area contributed by atoms with Crippen molar-refractivity contribution in [1.29, 1.82) is 0 Å². The Morgan fingerprint density at radius 1 is 1.32 bits per heavy atom. The maximum absolute atomic E-state index is 6.07. The van der Waals surface area contributed by atoms with Crippen LogP contribution in [0.2, 0.25) is 5.02 Å². The van der Waals surface area contributed by atoms with Gasteiger partial charge in [-0.3, -0.25) is 4.68 Å². The fourth-order valence-electron chi connectivity index (χ4n) is 2.14. The highest BCUT2D eigenvalue weighted by atomic mass is 35.5. The highest BCUT2D eigenvalue weighted by Gasteiger charge is 2.23. The number of aryl methyl sites for hydroxylation is 2. The average molecular weight is 282 g/mol. The molecular formula is C13H20ClN5. The third-order valence-corrected chi connectivity index (χ3v) is 3.49. The van der Waals surface area contributed by atoms with Gasteiger partial charge in [0.25, 0.3) is 0 Å². The second kappa shape index (κ2) is 4.56. The molecule has 0 aliphatic heterocycles. The summed E-state index contributed by atoms with van der Waals surface area (Å²) in [6.07, 6.45) is 2.00. The van der Waals surface area contributed by atoms with Crippen molar-refractivity contribution in [3.05, 3.63) is 28.2 Å². The molecule has 2 rings (SSSR count). The molecule has 2 heterocycles. The van der Waals surface area contributed by atoms with E-state index in [9.17, 15) is 0 Å². The Hall–Kier alpha value is -1.49. The van der Waals surface area contributed by atoms with Crippen molar-refractivity contribution in [3.63, 3.8) is 0 Å². The third-order valence-electron chi connectivity index (χ3n) is 3.03. The van der Waals surface area contributed by atoms with E-state index in [2.05, 4.69) is 31.0 Å². The van der Waals surface area contributed by atoms with Gasteiger partial charge in [-0.05, 0) is 6.92 Å². The van der Waals surface area contributed by atoms with Gasteiger partial charge in [-0.15, -0.1) is 0 Å². The van der Waals surface area contributed by atoms with Crippen molar-refractivity contribution in [1.82, 2.24) is 19.6 Å². The summed E-state index contributed by atoms with van der Waals surface area (Å²) in [4.78, 5) is 0. The number of nitrogen functional groups attached to an aromatic ring is 1. The van der Waals surface area contributed by atoms with Gasteiger partial charge in [-0.1, -0.05) is 32.4 Å². The fourth-order valence-corrected chi connectivity index (χ4v) is 2.28. The highest BCUT2D eigenvalue weighted by molar-refractivity contribution is 6.33. The lowest BCUT2D eigenvalue weighted by atomic mass is 9.89. The zero-order valence-electron chi connectivity index (χ0n) is 12.0. The Balaban J connectivity index is 2.41. The van der Waals surface area contributed by atoms with Crippen molar-refractivity contribution in [2.45, 2.75) is 39.7 Å². The van der Waals surface area contributed by atoms with Gasteiger partial charge in [-0.2, -0.15) is 10.2 Å². The fraction of sp³-hybridized carbons (Fsp3) is 0.538. The van der Waals surface area contributed by atoms with Gasteiger partial charge in [-0.25, -0.2) is 4.68 Å². The minimum atomic E-state index is -0.0165. The third kappa shape index (κ3) is 2.61. The first-order valence-corrected chi connectivity index (χ1v) is 6.59. The van der Waals surface area contributed by atoms with E-state index in [1.165, 1.54) is 0 Å². The topological polar surface area (TPSA) is 61.7 Å². The summed E-state index contributed by atoms with van der Waals surface area (Å²) in [7, 11) is 1.92. The molecule has 104 valence electrons. The predicted octanol–water partition coefficient (Wildman–Crippen LogP) is 2.51. The van der Waals surface area contributed by atoms with Gasteiger partial charge >= 0.3 is 0 Å². The number of halogens is 1. The summed E-state index contributed by atoms with van der Waals surface area (Å²) in [5.74, 6) is 0.503. The average Bonchev–Trinajstić information content (AvgIpc) is 2.76. The number of hydrogen-bond acceptors (Lipinski definition) is 3. The van der Waals surface area contributed by atoms with Crippen LogP contribution in [0.5, 0.6) is 0 Å². The molecule has 2 aromatic rings. The Labute approximate surface area is 118 Å². The first kappa shape index (κ1) is 13.9. The standard InChI is InChI=1S/C13H20ClN5/c1-8-10(14)12(15)19(16-8)7-9-6-18(5)17-11(9)13(2,3)4/h6H,7,15H2,1-5H3. The summed E-state index contributed by atoms with van der Waals surface area (Å²) in [5.41, 5.74) is 8.86. The minimum absolute atomic E-state index is 0.0165. The van der Waals surface area contributed by atoms with Gasteiger partial charge < -0.3 is 5.73 Å². The molecule has 2 N–H and O–H groups in total. The lowest BCUT2D eigenvalue weighted by Gasteiger charge is -2.17. The molecule has 0 aliphatic rings. The van der Waals surface area contributed by atoms with Crippen molar-refractivity contribution in [2.24, 2.45) is 7.05 Å². The highest BCUT2D eigenvalue weighted by Crippen LogP contribution is 2.27. The van der Waals surface area contributed by atoms with Gasteiger partial charge in [0, 0.05) is 24.2 Å². The molecule has 0 aliphatic carbocycles. The van der Waals surface area contributed by atoms with Crippen LogP contribution in [0.1, 0.15) is 37.7 Å². The molecule has 0 spiro atoms. The molecule has 0 saturated carbocycles. The molecule has 0 saturated heterocycles. The zero-order chi connectivity index (χ0) is 14.4. The van der Waals surface area contributed by atoms with E-state index in [-0.39, 0.29) is 5.41 Å². The molecule has 0 bridgehead atoms. The minimum Gasteiger partial charge on any atom is -0.383 e. The summed E-state index contributed by atoms with van der Waals surface area (Å²) in [6.45, 7) is 8.86. The Kier molecular flexibility index (Phi) is 3.34. The van der Waals surface area contributed by atoms with Crippen LogP contribution in [0.15, 0.2) is 6.20 Å². The molecule has 19 heavy (non-hydrogen) atoms. The van der Waals surface area contributed by atoms with Crippen molar-refractivity contribution < 1.29 is 0 Å². The van der Waals surface area contributed by atoms with Gasteiger partial charge in [0.1, 0.15) is 10.8 Å². The Bertz CT molecular complexity index is 603. The quantitative estimate of drug-likeness (QED) is 0.920. The molecule has 2 aromatic heterocycles. The van der Waals surface area contributed by atoms with Crippen LogP contribution in [-0.4, -0.2) is 19.6 Å². The monoisotopic (exact) mass is 281 g/mol.